The SMILES string of the molecule is C=Cc1sc2c(ccc3[nH]c4ccc(Br)cc4c32)c1C. The third-order valence-corrected chi connectivity index (χ3v) is 5.66. The van der Waals surface area contributed by atoms with Crippen LogP contribution >= 0.6 is 27.3 Å². The number of nitrogens with one attached hydrogen (secondary N) is 1. The summed E-state index contributed by atoms with van der Waals surface area (Å²) in [6.07, 6.45) is 1.95. The molecule has 0 saturated heterocycles. The summed E-state index contributed by atoms with van der Waals surface area (Å²) in [4.78, 5) is 4.77. The van der Waals surface area contributed by atoms with Crippen molar-refractivity contribution in [1.29, 1.82) is 0 Å². The van der Waals surface area contributed by atoms with E-state index in [0.29, 0.717) is 0 Å². The van der Waals surface area contributed by atoms with Gasteiger partial charge < -0.3 is 4.98 Å². The van der Waals surface area contributed by atoms with Crippen molar-refractivity contribution in [3.8, 4) is 0 Å². The van der Waals surface area contributed by atoms with Crippen LogP contribution in [0.15, 0.2) is 41.4 Å². The largest absolute Gasteiger partial charge is 0.354 e. The molecule has 0 saturated carbocycles. The normalized spacial score (nSPS) is 11.7. The first kappa shape index (κ1) is 12.2. The quantitative estimate of drug-likeness (QED) is 0.421. The fourth-order valence-corrected chi connectivity index (χ4v) is 4.43. The van der Waals surface area contributed by atoms with Gasteiger partial charge in [0.05, 0.1) is 0 Å². The first-order valence-electron chi connectivity index (χ1n) is 6.44. The van der Waals surface area contributed by atoms with Crippen molar-refractivity contribution in [1.82, 2.24) is 4.98 Å². The van der Waals surface area contributed by atoms with E-state index in [4.69, 9.17) is 0 Å². The number of halogens is 1. The Morgan fingerprint density at radius 1 is 1.15 bits per heavy atom. The van der Waals surface area contributed by atoms with E-state index in [9.17, 15) is 0 Å². The van der Waals surface area contributed by atoms with Crippen molar-refractivity contribution in [3.63, 3.8) is 0 Å². The van der Waals surface area contributed by atoms with Crippen LogP contribution in [0.3, 0.4) is 0 Å². The molecule has 0 fully saturated rings. The molecule has 1 N–H and O–H groups in total. The van der Waals surface area contributed by atoms with Gasteiger partial charge in [0.15, 0.2) is 0 Å². The summed E-state index contributed by atoms with van der Waals surface area (Å²) in [5.41, 5.74) is 3.70. The molecule has 2 heterocycles. The summed E-state index contributed by atoms with van der Waals surface area (Å²) in [5.74, 6) is 0. The first-order chi connectivity index (χ1) is 9.69. The molecule has 0 amide bonds. The average Bonchev–Trinajstić information content (AvgIpc) is 2.96. The predicted octanol–water partition coefficient (Wildman–Crippen LogP) is 6.25. The zero-order valence-electron chi connectivity index (χ0n) is 11.0. The van der Waals surface area contributed by atoms with Crippen LogP contribution in [0.5, 0.6) is 0 Å². The van der Waals surface area contributed by atoms with E-state index >= 15 is 0 Å². The van der Waals surface area contributed by atoms with Gasteiger partial charge in [-0.05, 0) is 42.1 Å². The first-order valence-corrected chi connectivity index (χ1v) is 8.05. The van der Waals surface area contributed by atoms with Crippen molar-refractivity contribution in [3.05, 3.63) is 51.8 Å². The topological polar surface area (TPSA) is 15.8 Å². The van der Waals surface area contributed by atoms with Gasteiger partial charge in [-0.2, -0.15) is 0 Å². The molecule has 0 atom stereocenters. The van der Waals surface area contributed by atoms with Gasteiger partial charge in [0, 0.05) is 35.9 Å². The second-order valence-corrected chi connectivity index (χ2v) is 6.94. The van der Waals surface area contributed by atoms with E-state index in [0.717, 1.165) is 4.47 Å². The van der Waals surface area contributed by atoms with Crippen molar-refractivity contribution in [2.45, 2.75) is 6.92 Å². The van der Waals surface area contributed by atoms with Crippen LogP contribution < -0.4 is 0 Å². The van der Waals surface area contributed by atoms with Crippen LogP contribution in [-0.2, 0) is 0 Å². The molecule has 3 heteroatoms. The van der Waals surface area contributed by atoms with Gasteiger partial charge in [0.1, 0.15) is 0 Å². The van der Waals surface area contributed by atoms with E-state index in [1.165, 1.54) is 42.3 Å². The Kier molecular flexibility index (Phi) is 2.56. The van der Waals surface area contributed by atoms with E-state index in [2.05, 4.69) is 64.7 Å². The fraction of sp³-hybridized carbons (Fsp3) is 0.0588. The molecule has 0 bridgehead atoms. The zero-order valence-corrected chi connectivity index (χ0v) is 13.4. The molecule has 2 aromatic carbocycles. The molecule has 0 aliphatic rings. The fourth-order valence-electron chi connectivity index (χ4n) is 2.85. The molecule has 98 valence electrons. The lowest BCUT2D eigenvalue weighted by Gasteiger charge is -1.96. The predicted molar refractivity (Wildman–Crippen MR) is 93.7 cm³/mol. The number of hydrogen-bond acceptors (Lipinski definition) is 1. The Hall–Kier alpha value is -1.58. The average molecular weight is 342 g/mol. The Bertz CT molecular complexity index is 991. The number of thiophene rings is 1. The van der Waals surface area contributed by atoms with Crippen molar-refractivity contribution in [2.24, 2.45) is 0 Å². The monoisotopic (exact) mass is 341 g/mol. The lowest BCUT2D eigenvalue weighted by molar-refractivity contribution is 1.54. The van der Waals surface area contributed by atoms with Gasteiger partial charge >= 0.3 is 0 Å². The number of rotatable bonds is 1. The van der Waals surface area contributed by atoms with Crippen LogP contribution in [0, 0.1) is 6.92 Å². The van der Waals surface area contributed by atoms with Gasteiger partial charge in [0.2, 0.25) is 0 Å². The van der Waals surface area contributed by atoms with Gasteiger partial charge in [-0.3, -0.25) is 0 Å². The number of H-pyrrole nitrogens is 1. The highest BCUT2D eigenvalue weighted by molar-refractivity contribution is 9.10. The maximum absolute atomic E-state index is 3.93. The zero-order chi connectivity index (χ0) is 13.9. The maximum atomic E-state index is 3.93. The molecule has 0 radical (unpaired) electrons. The number of fused-ring (bicyclic) bond motifs is 5. The lowest BCUT2D eigenvalue weighted by Crippen LogP contribution is -1.72. The molecule has 4 rings (SSSR count). The van der Waals surface area contributed by atoms with Crippen molar-refractivity contribution in [2.75, 3.05) is 0 Å². The number of aromatic nitrogens is 1. The second kappa shape index (κ2) is 4.21. The highest BCUT2D eigenvalue weighted by Gasteiger charge is 2.13. The number of aromatic amines is 1. The van der Waals surface area contributed by atoms with E-state index in [1.807, 2.05) is 17.4 Å². The molecular formula is C17H12BrNS. The summed E-state index contributed by atoms with van der Waals surface area (Å²) < 4.78 is 2.46. The van der Waals surface area contributed by atoms with E-state index in [1.54, 1.807) is 0 Å². The van der Waals surface area contributed by atoms with Gasteiger partial charge in [0.25, 0.3) is 0 Å². The summed E-state index contributed by atoms with van der Waals surface area (Å²) in [6, 6.07) is 10.8. The van der Waals surface area contributed by atoms with Crippen molar-refractivity contribution >= 4 is 65.2 Å². The molecule has 2 aromatic heterocycles. The number of aryl methyl sites for hydroxylation is 1. The van der Waals surface area contributed by atoms with Crippen LogP contribution in [0.1, 0.15) is 10.4 Å². The summed E-state index contributed by atoms with van der Waals surface area (Å²) in [5, 5.41) is 3.93. The lowest BCUT2D eigenvalue weighted by atomic mass is 10.1. The van der Waals surface area contributed by atoms with Gasteiger partial charge in [-0.25, -0.2) is 0 Å². The standard InChI is InChI=1S/C17H12BrNS/c1-3-15-9(2)11-5-7-14-16(17(11)20-15)12-8-10(18)4-6-13(12)19-14/h3-8,19H,1H2,2H3. The van der Waals surface area contributed by atoms with Gasteiger partial charge in [-0.15, -0.1) is 11.3 Å². The Morgan fingerprint density at radius 2 is 1.95 bits per heavy atom. The molecule has 0 aliphatic heterocycles. The smallest absolute Gasteiger partial charge is 0.0479 e. The van der Waals surface area contributed by atoms with Crippen LogP contribution in [0.2, 0.25) is 0 Å². The molecule has 0 spiro atoms. The summed E-state index contributed by atoms with van der Waals surface area (Å²) in [7, 11) is 0. The van der Waals surface area contributed by atoms with Crippen LogP contribution in [0.4, 0.5) is 0 Å². The number of hydrogen-bond donors (Lipinski definition) is 1. The highest BCUT2D eigenvalue weighted by Crippen LogP contribution is 2.40. The molecule has 1 nitrogen and oxygen atoms in total. The molecule has 0 aliphatic carbocycles. The number of benzene rings is 2. The van der Waals surface area contributed by atoms with E-state index in [-0.39, 0.29) is 0 Å². The Balaban J connectivity index is 2.30. The van der Waals surface area contributed by atoms with Crippen molar-refractivity contribution < 1.29 is 0 Å². The maximum Gasteiger partial charge on any atom is 0.0479 e. The minimum absolute atomic E-state index is 1.11. The minimum Gasteiger partial charge on any atom is -0.354 e. The molecular weight excluding hydrogens is 330 g/mol. The van der Waals surface area contributed by atoms with E-state index < -0.39 is 0 Å². The molecule has 20 heavy (non-hydrogen) atoms. The summed E-state index contributed by atoms with van der Waals surface area (Å²) >= 11 is 5.40. The molecule has 0 unspecified atom stereocenters. The van der Waals surface area contributed by atoms with Crippen LogP contribution in [0.25, 0.3) is 38.0 Å². The molecule has 4 aromatic rings. The third kappa shape index (κ3) is 1.54. The second-order valence-electron chi connectivity index (χ2n) is 4.98. The minimum atomic E-state index is 1.11. The highest BCUT2D eigenvalue weighted by atomic mass is 79.9. The van der Waals surface area contributed by atoms with Crippen LogP contribution in [-0.4, -0.2) is 4.98 Å². The Labute approximate surface area is 129 Å². The third-order valence-electron chi connectivity index (χ3n) is 3.85. The Morgan fingerprint density at radius 3 is 2.75 bits per heavy atom. The summed E-state index contributed by atoms with van der Waals surface area (Å²) in [6.45, 7) is 6.10. The van der Waals surface area contributed by atoms with Gasteiger partial charge in [-0.1, -0.05) is 34.7 Å².